The predicted octanol–water partition coefficient (Wildman–Crippen LogP) is 1.97. The van der Waals surface area contributed by atoms with Crippen molar-refractivity contribution < 1.29 is 4.39 Å². The molecule has 0 aliphatic rings. The lowest BCUT2D eigenvalue weighted by Crippen LogP contribution is -2.34. The van der Waals surface area contributed by atoms with Gasteiger partial charge >= 0.3 is 0 Å². The van der Waals surface area contributed by atoms with Gasteiger partial charge in [-0.2, -0.15) is 0 Å². The molecule has 0 saturated heterocycles. The number of anilines is 1. The van der Waals surface area contributed by atoms with Gasteiger partial charge in [0.2, 0.25) is 0 Å². The van der Waals surface area contributed by atoms with Gasteiger partial charge in [-0.15, -0.1) is 0 Å². The highest BCUT2D eigenvalue weighted by atomic mass is 32.1. The van der Waals surface area contributed by atoms with E-state index in [1.807, 2.05) is 18.7 Å². The summed E-state index contributed by atoms with van der Waals surface area (Å²) < 4.78 is 12.7. The van der Waals surface area contributed by atoms with E-state index in [0.29, 0.717) is 11.5 Å². The topological polar surface area (TPSA) is 42.1 Å². The van der Waals surface area contributed by atoms with Gasteiger partial charge in [0.25, 0.3) is 0 Å². The fourth-order valence-electron chi connectivity index (χ4n) is 1.36. The Morgan fingerprint density at radius 2 is 2.31 bits per heavy atom. The Balaban J connectivity index is 2.74. The van der Waals surface area contributed by atoms with Crippen molar-refractivity contribution in [2.45, 2.75) is 13.8 Å². The van der Waals surface area contributed by atoms with Crippen LogP contribution >= 0.6 is 12.2 Å². The molecule has 2 N–H and O–H groups in total. The third kappa shape index (κ3) is 3.41. The third-order valence-electron chi connectivity index (χ3n) is 2.40. The van der Waals surface area contributed by atoms with E-state index in [2.05, 4.69) is 4.98 Å². The zero-order valence-corrected chi connectivity index (χ0v) is 10.3. The van der Waals surface area contributed by atoms with Crippen LogP contribution in [0.3, 0.4) is 0 Å². The summed E-state index contributed by atoms with van der Waals surface area (Å²) in [6.07, 6.45) is 1.21. The van der Waals surface area contributed by atoms with Crippen molar-refractivity contribution in [1.29, 1.82) is 0 Å². The second-order valence-corrected chi connectivity index (χ2v) is 4.15. The minimum Gasteiger partial charge on any atom is -0.393 e. The molecule has 0 spiro atoms. The Labute approximate surface area is 100 Å². The largest absolute Gasteiger partial charge is 0.393 e. The molecule has 0 aliphatic heterocycles. The van der Waals surface area contributed by atoms with Crippen molar-refractivity contribution in [3.8, 4) is 0 Å². The molecule has 3 nitrogen and oxygen atoms in total. The quantitative estimate of drug-likeness (QED) is 0.800. The summed E-state index contributed by atoms with van der Waals surface area (Å²) in [6.45, 7) is 5.46. The van der Waals surface area contributed by atoms with Gasteiger partial charge in [0.05, 0.1) is 11.2 Å². The van der Waals surface area contributed by atoms with Crippen LogP contribution in [0.1, 0.15) is 13.8 Å². The second kappa shape index (κ2) is 5.75. The number of nitrogens with two attached hydrogens (primary N) is 1. The predicted molar refractivity (Wildman–Crippen MR) is 68.0 cm³/mol. The summed E-state index contributed by atoms with van der Waals surface area (Å²) in [4.78, 5) is 6.53. The highest BCUT2D eigenvalue weighted by Crippen LogP contribution is 2.12. The number of thiocarbonyl (C=S) groups is 1. The molecule has 0 radical (unpaired) electrons. The number of rotatable bonds is 5. The fourth-order valence-corrected chi connectivity index (χ4v) is 1.43. The normalized spacial score (nSPS) is 12.2. The van der Waals surface area contributed by atoms with Crippen LogP contribution in [0.5, 0.6) is 0 Å². The Kier molecular flexibility index (Phi) is 4.61. The third-order valence-corrected chi connectivity index (χ3v) is 2.80. The van der Waals surface area contributed by atoms with E-state index in [4.69, 9.17) is 18.0 Å². The van der Waals surface area contributed by atoms with E-state index in [0.717, 1.165) is 12.4 Å². The molecule has 1 atom stereocenters. The second-order valence-electron chi connectivity index (χ2n) is 3.68. The van der Waals surface area contributed by atoms with Gasteiger partial charge < -0.3 is 10.6 Å². The molecule has 0 aromatic carbocycles. The lowest BCUT2D eigenvalue weighted by Gasteiger charge is -2.24. The molecule has 5 heteroatoms. The van der Waals surface area contributed by atoms with E-state index in [1.54, 1.807) is 6.07 Å². The Hall–Kier alpha value is -1.23. The summed E-state index contributed by atoms with van der Waals surface area (Å²) in [7, 11) is 0. The van der Waals surface area contributed by atoms with Crippen molar-refractivity contribution >= 4 is 23.0 Å². The van der Waals surface area contributed by atoms with E-state index < -0.39 is 0 Å². The summed E-state index contributed by atoms with van der Waals surface area (Å²) in [5.74, 6) is 0.524. The van der Waals surface area contributed by atoms with Gasteiger partial charge in [-0.25, -0.2) is 9.37 Å². The number of hydrogen-bond donors (Lipinski definition) is 1. The number of pyridine rings is 1. The molecular weight excluding hydrogens is 225 g/mol. The Morgan fingerprint density at radius 1 is 1.62 bits per heavy atom. The molecule has 0 fully saturated rings. The molecule has 1 unspecified atom stereocenters. The molecular formula is C11H16FN3S. The zero-order valence-electron chi connectivity index (χ0n) is 9.48. The number of nitrogens with zero attached hydrogens (tertiary/aromatic N) is 2. The lowest BCUT2D eigenvalue weighted by atomic mass is 10.1. The van der Waals surface area contributed by atoms with Gasteiger partial charge in [-0.1, -0.05) is 19.1 Å². The molecule has 1 rings (SSSR count). The molecule has 1 aromatic rings. The van der Waals surface area contributed by atoms with Gasteiger partial charge in [0.1, 0.15) is 11.6 Å². The maximum Gasteiger partial charge on any atom is 0.141 e. The van der Waals surface area contributed by atoms with Crippen molar-refractivity contribution in [1.82, 2.24) is 4.98 Å². The monoisotopic (exact) mass is 241 g/mol. The molecule has 0 aliphatic carbocycles. The number of aromatic nitrogens is 1. The van der Waals surface area contributed by atoms with E-state index >= 15 is 0 Å². The lowest BCUT2D eigenvalue weighted by molar-refractivity contribution is 0.619. The summed E-state index contributed by atoms with van der Waals surface area (Å²) in [6, 6.07) is 3.06. The van der Waals surface area contributed by atoms with Gasteiger partial charge in [-0.05, 0) is 19.1 Å². The van der Waals surface area contributed by atoms with Crippen LogP contribution in [0.25, 0.3) is 0 Å². The summed E-state index contributed by atoms with van der Waals surface area (Å²) in [5.41, 5.74) is 5.57. The molecule has 1 heterocycles. The van der Waals surface area contributed by atoms with Crippen LogP contribution in [-0.2, 0) is 0 Å². The van der Waals surface area contributed by atoms with Crippen LogP contribution < -0.4 is 10.6 Å². The van der Waals surface area contributed by atoms with Crippen LogP contribution in [-0.4, -0.2) is 23.1 Å². The van der Waals surface area contributed by atoms with E-state index in [1.165, 1.54) is 12.3 Å². The van der Waals surface area contributed by atoms with Crippen LogP contribution in [0.2, 0.25) is 0 Å². The average Bonchev–Trinajstić information content (AvgIpc) is 2.26. The molecule has 88 valence electrons. The van der Waals surface area contributed by atoms with Gasteiger partial charge in [-0.3, -0.25) is 0 Å². The number of hydrogen-bond acceptors (Lipinski definition) is 3. The van der Waals surface area contributed by atoms with E-state index in [-0.39, 0.29) is 11.7 Å². The molecule has 0 saturated carbocycles. The van der Waals surface area contributed by atoms with Crippen LogP contribution in [0.15, 0.2) is 18.3 Å². The highest BCUT2D eigenvalue weighted by Gasteiger charge is 2.12. The minimum absolute atomic E-state index is 0.113. The summed E-state index contributed by atoms with van der Waals surface area (Å²) in [5, 5.41) is 0. The van der Waals surface area contributed by atoms with Crippen LogP contribution in [0.4, 0.5) is 10.2 Å². The Morgan fingerprint density at radius 3 is 2.75 bits per heavy atom. The maximum absolute atomic E-state index is 12.7. The SMILES string of the molecule is CCN(CC(C)C(N)=S)c1ccc(F)cn1. The standard InChI is InChI=1S/C11H16FN3S/c1-3-15(7-8(2)11(13)16)10-5-4-9(12)6-14-10/h4-6,8H,3,7H2,1-2H3,(H2,13,16). The van der Waals surface area contributed by atoms with Crippen molar-refractivity contribution in [2.75, 3.05) is 18.0 Å². The highest BCUT2D eigenvalue weighted by molar-refractivity contribution is 7.80. The molecule has 16 heavy (non-hydrogen) atoms. The molecule has 0 amide bonds. The zero-order chi connectivity index (χ0) is 12.1. The maximum atomic E-state index is 12.7. The van der Waals surface area contributed by atoms with E-state index in [9.17, 15) is 4.39 Å². The Bertz CT molecular complexity index is 353. The fraction of sp³-hybridized carbons (Fsp3) is 0.455. The van der Waals surface area contributed by atoms with Crippen LogP contribution in [0, 0.1) is 11.7 Å². The number of halogens is 1. The first-order valence-corrected chi connectivity index (χ1v) is 5.61. The van der Waals surface area contributed by atoms with Gasteiger partial charge in [0.15, 0.2) is 0 Å². The first kappa shape index (κ1) is 12.8. The van der Waals surface area contributed by atoms with Gasteiger partial charge in [0, 0.05) is 19.0 Å². The smallest absolute Gasteiger partial charge is 0.141 e. The first-order chi connectivity index (χ1) is 7.54. The van der Waals surface area contributed by atoms with Crippen molar-refractivity contribution in [3.63, 3.8) is 0 Å². The average molecular weight is 241 g/mol. The van der Waals surface area contributed by atoms with Crippen molar-refractivity contribution in [3.05, 3.63) is 24.1 Å². The molecule has 0 bridgehead atoms. The van der Waals surface area contributed by atoms with Crippen molar-refractivity contribution in [2.24, 2.45) is 11.7 Å². The molecule has 1 aromatic heterocycles. The first-order valence-electron chi connectivity index (χ1n) is 5.20. The summed E-state index contributed by atoms with van der Waals surface area (Å²) >= 11 is 4.93. The minimum atomic E-state index is -0.331.